The molecule has 17 heavy (non-hydrogen) atoms. The average molecular weight is 230 g/mol. The van der Waals surface area contributed by atoms with Gasteiger partial charge in [-0.25, -0.2) is 0 Å². The van der Waals surface area contributed by atoms with Crippen molar-refractivity contribution in [2.45, 2.75) is 25.4 Å². The van der Waals surface area contributed by atoms with Crippen molar-refractivity contribution >= 4 is 10.8 Å². The zero-order valence-corrected chi connectivity index (χ0v) is 9.84. The van der Waals surface area contributed by atoms with E-state index in [1.165, 1.54) is 16.3 Å². The van der Waals surface area contributed by atoms with E-state index < -0.39 is 6.10 Å². The molecular weight excluding hydrogens is 212 g/mol. The van der Waals surface area contributed by atoms with Crippen LogP contribution in [0.15, 0.2) is 42.5 Å². The average Bonchev–Trinajstić information content (AvgIpc) is 2.39. The molecule has 0 saturated heterocycles. The van der Waals surface area contributed by atoms with E-state index in [2.05, 4.69) is 36.4 Å². The first-order valence-corrected chi connectivity index (χ1v) is 6.07. The molecule has 0 aliphatic heterocycles. The number of hydrogen-bond donors (Lipinski definition) is 2. The van der Waals surface area contributed by atoms with E-state index in [0.717, 1.165) is 12.8 Å². The second kappa shape index (κ2) is 5.80. The van der Waals surface area contributed by atoms with Crippen LogP contribution in [0.3, 0.4) is 0 Å². The number of rotatable bonds is 5. The Morgan fingerprint density at radius 1 is 1.00 bits per heavy atom. The Labute approximate surface area is 102 Å². The fourth-order valence-corrected chi connectivity index (χ4v) is 2.13. The first-order valence-electron chi connectivity index (χ1n) is 6.07. The van der Waals surface area contributed by atoms with Crippen LogP contribution in [0.4, 0.5) is 0 Å². The van der Waals surface area contributed by atoms with E-state index in [-0.39, 0.29) is 6.61 Å². The largest absolute Gasteiger partial charge is 0.394 e. The second-order valence-electron chi connectivity index (χ2n) is 4.37. The van der Waals surface area contributed by atoms with Crippen molar-refractivity contribution in [3.8, 4) is 0 Å². The summed E-state index contributed by atoms with van der Waals surface area (Å²) in [5.74, 6) is 0. The first kappa shape index (κ1) is 12.1. The van der Waals surface area contributed by atoms with E-state index >= 15 is 0 Å². The highest BCUT2D eigenvalue weighted by molar-refractivity contribution is 5.85. The third-order valence-corrected chi connectivity index (χ3v) is 3.07. The molecule has 0 amide bonds. The third kappa shape index (κ3) is 3.05. The van der Waals surface area contributed by atoms with Gasteiger partial charge in [-0.1, -0.05) is 42.5 Å². The molecule has 0 aliphatic carbocycles. The Balaban J connectivity index is 2.08. The predicted octanol–water partition coefficient (Wildman–Crippen LogP) is 2.52. The van der Waals surface area contributed by atoms with Gasteiger partial charge in [-0.05, 0) is 35.6 Å². The normalized spacial score (nSPS) is 12.8. The van der Waals surface area contributed by atoms with E-state index in [0.29, 0.717) is 6.42 Å². The molecule has 0 heterocycles. The van der Waals surface area contributed by atoms with Crippen molar-refractivity contribution in [2.75, 3.05) is 6.61 Å². The van der Waals surface area contributed by atoms with Gasteiger partial charge in [0.2, 0.25) is 0 Å². The number of hydrogen-bond acceptors (Lipinski definition) is 2. The second-order valence-corrected chi connectivity index (χ2v) is 4.37. The Morgan fingerprint density at radius 3 is 2.59 bits per heavy atom. The van der Waals surface area contributed by atoms with Crippen molar-refractivity contribution in [1.82, 2.24) is 0 Å². The van der Waals surface area contributed by atoms with Gasteiger partial charge in [-0.2, -0.15) is 0 Å². The summed E-state index contributed by atoms with van der Waals surface area (Å²) >= 11 is 0. The smallest absolute Gasteiger partial charge is 0.0771 e. The van der Waals surface area contributed by atoms with Gasteiger partial charge in [-0.3, -0.25) is 0 Å². The number of aliphatic hydroxyl groups is 2. The Morgan fingerprint density at radius 2 is 1.76 bits per heavy atom. The molecule has 2 heteroatoms. The monoisotopic (exact) mass is 230 g/mol. The molecular formula is C15H18O2. The highest BCUT2D eigenvalue weighted by Gasteiger charge is 2.03. The van der Waals surface area contributed by atoms with Gasteiger partial charge in [0, 0.05) is 0 Å². The SMILES string of the molecule is OCC(O)CCCc1cccc2ccccc12. The van der Waals surface area contributed by atoms with Crippen LogP contribution in [0, 0.1) is 0 Å². The van der Waals surface area contributed by atoms with Gasteiger partial charge < -0.3 is 10.2 Å². The molecule has 2 N–H and O–H groups in total. The van der Waals surface area contributed by atoms with Crippen LogP contribution in [-0.4, -0.2) is 22.9 Å². The van der Waals surface area contributed by atoms with Gasteiger partial charge in [0.1, 0.15) is 0 Å². The maximum Gasteiger partial charge on any atom is 0.0771 e. The van der Waals surface area contributed by atoms with Crippen molar-refractivity contribution in [2.24, 2.45) is 0 Å². The Kier molecular flexibility index (Phi) is 4.13. The van der Waals surface area contributed by atoms with E-state index in [1.807, 2.05) is 6.07 Å². The number of aliphatic hydroxyl groups excluding tert-OH is 2. The van der Waals surface area contributed by atoms with Crippen LogP contribution >= 0.6 is 0 Å². The highest BCUT2D eigenvalue weighted by Crippen LogP contribution is 2.20. The minimum atomic E-state index is -0.579. The molecule has 0 spiro atoms. The number of benzene rings is 2. The maximum absolute atomic E-state index is 9.30. The van der Waals surface area contributed by atoms with Crippen molar-refractivity contribution in [3.05, 3.63) is 48.0 Å². The summed E-state index contributed by atoms with van der Waals surface area (Å²) < 4.78 is 0. The summed E-state index contributed by atoms with van der Waals surface area (Å²) in [6.45, 7) is -0.143. The molecule has 2 aromatic rings. The molecule has 1 atom stereocenters. The quantitative estimate of drug-likeness (QED) is 0.828. The van der Waals surface area contributed by atoms with Crippen molar-refractivity contribution in [1.29, 1.82) is 0 Å². The zero-order chi connectivity index (χ0) is 12.1. The van der Waals surface area contributed by atoms with Crippen LogP contribution in [0.25, 0.3) is 10.8 Å². The van der Waals surface area contributed by atoms with Crippen molar-refractivity contribution < 1.29 is 10.2 Å². The summed E-state index contributed by atoms with van der Waals surface area (Å²) in [5, 5.41) is 20.6. The molecule has 90 valence electrons. The van der Waals surface area contributed by atoms with Gasteiger partial charge in [0.15, 0.2) is 0 Å². The fraction of sp³-hybridized carbons (Fsp3) is 0.333. The van der Waals surface area contributed by atoms with E-state index in [4.69, 9.17) is 5.11 Å². The molecule has 0 bridgehead atoms. The van der Waals surface area contributed by atoms with Gasteiger partial charge >= 0.3 is 0 Å². The van der Waals surface area contributed by atoms with Crippen LogP contribution in [-0.2, 0) is 6.42 Å². The molecule has 1 unspecified atom stereocenters. The van der Waals surface area contributed by atoms with Crippen LogP contribution < -0.4 is 0 Å². The maximum atomic E-state index is 9.30. The van der Waals surface area contributed by atoms with Crippen LogP contribution in [0.5, 0.6) is 0 Å². The lowest BCUT2D eigenvalue weighted by Crippen LogP contribution is -2.11. The molecule has 2 rings (SSSR count). The van der Waals surface area contributed by atoms with Gasteiger partial charge in [0.05, 0.1) is 12.7 Å². The molecule has 2 aromatic carbocycles. The topological polar surface area (TPSA) is 40.5 Å². The molecule has 0 aliphatic rings. The standard InChI is InChI=1S/C15H18O2/c16-11-14(17)9-4-8-13-7-3-6-12-5-1-2-10-15(12)13/h1-3,5-7,10,14,16-17H,4,8-9,11H2. The lowest BCUT2D eigenvalue weighted by molar-refractivity contribution is 0.0867. The molecule has 0 aromatic heterocycles. The molecule has 0 fully saturated rings. The van der Waals surface area contributed by atoms with Gasteiger partial charge in [0.25, 0.3) is 0 Å². The summed E-state index contributed by atoms with van der Waals surface area (Å²) in [4.78, 5) is 0. The Hall–Kier alpha value is -1.38. The predicted molar refractivity (Wildman–Crippen MR) is 70.0 cm³/mol. The van der Waals surface area contributed by atoms with Crippen molar-refractivity contribution in [3.63, 3.8) is 0 Å². The number of aryl methyl sites for hydroxylation is 1. The number of fused-ring (bicyclic) bond motifs is 1. The minimum absolute atomic E-state index is 0.143. The lowest BCUT2D eigenvalue weighted by Gasteiger charge is -2.08. The lowest BCUT2D eigenvalue weighted by atomic mass is 9.99. The van der Waals surface area contributed by atoms with E-state index in [1.54, 1.807) is 0 Å². The first-order chi connectivity index (χ1) is 8.31. The van der Waals surface area contributed by atoms with E-state index in [9.17, 15) is 5.11 Å². The van der Waals surface area contributed by atoms with Gasteiger partial charge in [-0.15, -0.1) is 0 Å². The summed E-state index contributed by atoms with van der Waals surface area (Å²) in [7, 11) is 0. The fourth-order valence-electron chi connectivity index (χ4n) is 2.13. The summed E-state index contributed by atoms with van der Waals surface area (Å²) in [5.41, 5.74) is 1.31. The summed E-state index contributed by atoms with van der Waals surface area (Å²) in [6.07, 6.45) is 1.92. The summed E-state index contributed by atoms with van der Waals surface area (Å²) in [6, 6.07) is 14.7. The third-order valence-electron chi connectivity index (χ3n) is 3.07. The molecule has 2 nitrogen and oxygen atoms in total. The minimum Gasteiger partial charge on any atom is -0.394 e. The highest BCUT2D eigenvalue weighted by atomic mass is 16.3. The van der Waals surface area contributed by atoms with Crippen LogP contribution in [0.2, 0.25) is 0 Å². The molecule has 0 saturated carbocycles. The Bertz CT molecular complexity index is 474. The van der Waals surface area contributed by atoms with Crippen LogP contribution in [0.1, 0.15) is 18.4 Å². The molecule has 0 radical (unpaired) electrons. The zero-order valence-electron chi connectivity index (χ0n) is 9.84.